The summed E-state index contributed by atoms with van der Waals surface area (Å²) in [6, 6.07) is 0. The van der Waals surface area contributed by atoms with E-state index in [9.17, 15) is 35.1 Å². The number of unbranched alkanes of at least 4 members (excludes halogenated alkanes) is 2. The second-order valence-electron chi connectivity index (χ2n) is 4.62. The van der Waals surface area contributed by atoms with Crippen LogP contribution in [0.4, 0.5) is 35.1 Å². The van der Waals surface area contributed by atoms with Crippen molar-refractivity contribution in [1.29, 1.82) is 0 Å². The van der Waals surface area contributed by atoms with E-state index in [-0.39, 0.29) is 6.42 Å². The maximum atomic E-state index is 13.7. The summed E-state index contributed by atoms with van der Waals surface area (Å²) in [7, 11) is 0. The zero-order chi connectivity index (χ0) is 17.1. The van der Waals surface area contributed by atoms with Gasteiger partial charge < -0.3 is 0 Å². The Morgan fingerprint density at radius 1 is 0.905 bits per heavy atom. The Balaban J connectivity index is 5.42. The van der Waals surface area contributed by atoms with Gasteiger partial charge in [0.15, 0.2) is 0 Å². The number of hydrogen-bond donors (Lipinski definition) is 0. The fraction of sp³-hybridized carbons (Fsp3) is 1.00. The van der Waals surface area contributed by atoms with E-state index < -0.39 is 39.9 Å². The molecule has 0 spiro atoms. The van der Waals surface area contributed by atoms with Crippen LogP contribution < -0.4 is 0 Å². The monoisotopic (exact) mass is 460 g/mol. The third kappa shape index (κ3) is 4.26. The molecule has 0 radical (unpaired) electrons. The first-order chi connectivity index (χ1) is 9.27. The van der Waals surface area contributed by atoms with Gasteiger partial charge in [0.1, 0.15) is 0 Å². The number of rotatable bonds is 9. The van der Waals surface area contributed by atoms with Crippen molar-refractivity contribution in [2.75, 3.05) is 4.43 Å². The lowest BCUT2D eigenvalue weighted by atomic mass is 9.89. The van der Waals surface area contributed by atoms with Crippen LogP contribution in [0.5, 0.6) is 0 Å². The smallest absolute Gasteiger partial charge is 0.199 e. The van der Waals surface area contributed by atoms with E-state index in [2.05, 4.69) is 11.6 Å². The van der Waals surface area contributed by atoms with Gasteiger partial charge in [0.05, 0.1) is 0 Å². The average molecular weight is 461 g/mol. The lowest BCUT2D eigenvalue weighted by Crippen LogP contribution is -2.63. The molecule has 0 bridgehead atoms. The average Bonchev–Trinajstić information content (AvgIpc) is 2.32. The maximum Gasteiger partial charge on any atom is 0.392 e. The van der Waals surface area contributed by atoms with E-state index in [0.29, 0.717) is 12.8 Å². The minimum Gasteiger partial charge on any atom is -0.199 e. The second-order valence-corrected chi connectivity index (χ2v) is 5.97. The lowest BCUT2D eigenvalue weighted by Gasteiger charge is -2.37. The van der Waals surface area contributed by atoms with Crippen molar-refractivity contribution in [3.05, 3.63) is 0 Å². The van der Waals surface area contributed by atoms with Crippen LogP contribution in [0.3, 0.4) is 0 Å². The molecular weight excluding hydrogens is 446 g/mol. The van der Waals surface area contributed by atoms with Gasteiger partial charge in [-0.15, -0.1) is 0 Å². The molecule has 0 heterocycles. The Morgan fingerprint density at radius 3 is 1.71 bits per heavy atom. The fourth-order valence-electron chi connectivity index (χ4n) is 1.64. The van der Waals surface area contributed by atoms with Gasteiger partial charge in [-0.3, -0.25) is 0 Å². The highest BCUT2D eigenvalue weighted by atomic mass is 127. The van der Waals surface area contributed by atoms with E-state index in [0.717, 1.165) is 0 Å². The highest BCUT2D eigenvalue weighted by Gasteiger charge is 2.81. The third-order valence-electron chi connectivity index (χ3n) is 3.02. The highest BCUT2D eigenvalue weighted by Crippen LogP contribution is 2.56. The van der Waals surface area contributed by atoms with Crippen LogP contribution >= 0.6 is 34.2 Å². The molecule has 10 heteroatoms. The summed E-state index contributed by atoms with van der Waals surface area (Å²) in [5, 5.41) is -5.78. The van der Waals surface area contributed by atoms with Crippen LogP contribution in [0.1, 0.15) is 32.6 Å². The minimum absolute atomic E-state index is 0.110. The molecule has 1 atom stereocenters. The van der Waals surface area contributed by atoms with Crippen molar-refractivity contribution in [2.45, 2.75) is 55.8 Å². The van der Waals surface area contributed by atoms with Gasteiger partial charge in [0, 0.05) is 10.3 Å². The maximum absolute atomic E-state index is 13.7. The van der Waals surface area contributed by atoms with Gasteiger partial charge in [-0.1, -0.05) is 48.8 Å². The van der Waals surface area contributed by atoms with Crippen molar-refractivity contribution in [1.82, 2.24) is 0 Å². The standard InChI is InChI=1S/C11H14ClF8I/c1-2-3-4-5-7(6-21)8(13,14)9(15,16)10(17,18)11(12,19)20/h7H,2-6H2,1H3. The van der Waals surface area contributed by atoms with Gasteiger partial charge in [-0.05, 0) is 18.0 Å². The van der Waals surface area contributed by atoms with Gasteiger partial charge in [0.25, 0.3) is 0 Å². The summed E-state index contributed by atoms with van der Waals surface area (Å²) in [5.41, 5.74) is 0. The van der Waals surface area contributed by atoms with Crippen molar-refractivity contribution >= 4 is 34.2 Å². The molecule has 0 saturated carbocycles. The Morgan fingerprint density at radius 2 is 1.38 bits per heavy atom. The van der Waals surface area contributed by atoms with E-state index in [4.69, 9.17) is 0 Å². The Labute approximate surface area is 135 Å². The van der Waals surface area contributed by atoms with Crippen molar-refractivity contribution in [3.8, 4) is 0 Å². The SMILES string of the molecule is CCCCCC(CI)C(F)(F)C(F)(F)C(F)(F)C(F)(F)Cl. The molecule has 0 fully saturated rings. The molecule has 0 rings (SSSR count). The molecule has 0 amide bonds. The van der Waals surface area contributed by atoms with E-state index in [1.165, 1.54) is 22.6 Å². The van der Waals surface area contributed by atoms with E-state index >= 15 is 0 Å². The summed E-state index contributed by atoms with van der Waals surface area (Å²) < 4.78 is 104. The predicted molar refractivity (Wildman–Crippen MR) is 72.2 cm³/mol. The molecular formula is C11H14ClF8I. The number of halogens is 10. The molecule has 0 aromatic rings. The number of alkyl halides is 10. The largest absolute Gasteiger partial charge is 0.392 e. The van der Waals surface area contributed by atoms with Gasteiger partial charge in [-0.25, -0.2) is 0 Å². The molecule has 0 N–H and O–H groups in total. The Kier molecular flexibility index (Phi) is 7.51. The summed E-state index contributed by atoms with van der Waals surface area (Å²) in [4.78, 5) is 0. The molecule has 0 aliphatic heterocycles. The van der Waals surface area contributed by atoms with Crippen molar-refractivity contribution in [3.63, 3.8) is 0 Å². The first-order valence-corrected chi connectivity index (χ1v) is 7.93. The third-order valence-corrected chi connectivity index (χ3v) is 4.32. The van der Waals surface area contributed by atoms with Crippen LogP contribution in [0.2, 0.25) is 0 Å². The first kappa shape index (κ1) is 21.5. The van der Waals surface area contributed by atoms with Crippen LogP contribution in [-0.4, -0.2) is 27.6 Å². The minimum atomic E-state index is -6.36. The fourth-order valence-corrected chi connectivity index (χ4v) is 2.75. The molecule has 0 aliphatic rings. The lowest BCUT2D eigenvalue weighted by molar-refractivity contribution is -0.357. The van der Waals surface area contributed by atoms with E-state index in [1.54, 1.807) is 6.92 Å². The second kappa shape index (κ2) is 7.35. The molecule has 1 unspecified atom stereocenters. The van der Waals surface area contributed by atoms with Gasteiger partial charge in [-0.2, -0.15) is 35.1 Å². The quantitative estimate of drug-likeness (QED) is 0.163. The highest BCUT2D eigenvalue weighted by molar-refractivity contribution is 14.1. The molecule has 0 aromatic heterocycles. The molecule has 0 saturated heterocycles. The van der Waals surface area contributed by atoms with E-state index in [1.807, 2.05) is 0 Å². The summed E-state index contributed by atoms with van der Waals surface area (Å²) >= 11 is 5.23. The molecule has 0 nitrogen and oxygen atoms in total. The van der Waals surface area contributed by atoms with Crippen molar-refractivity contribution in [2.24, 2.45) is 5.92 Å². The van der Waals surface area contributed by atoms with Gasteiger partial charge >= 0.3 is 23.1 Å². The molecule has 0 aromatic carbocycles. The summed E-state index contributed by atoms with van der Waals surface area (Å²) in [6.45, 7) is 1.73. The zero-order valence-corrected chi connectivity index (χ0v) is 13.8. The molecule has 21 heavy (non-hydrogen) atoms. The Bertz CT molecular complexity index is 329. The van der Waals surface area contributed by atoms with Crippen molar-refractivity contribution < 1.29 is 35.1 Å². The number of hydrogen-bond acceptors (Lipinski definition) is 0. The van der Waals surface area contributed by atoms with Crippen LogP contribution in [0.15, 0.2) is 0 Å². The normalized spacial score (nSPS) is 16.1. The predicted octanol–water partition coefficient (Wildman–Crippen LogP) is 6.36. The molecule has 0 aliphatic carbocycles. The first-order valence-electron chi connectivity index (χ1n) is 6.03. The summed E-state index contributed by atoms with van der Waals surface area (Å²) in [5.74, 6) is -20.1. The van der Waals surface area contributed by atoms with Crippen LogP contribution in [0.25, 0.3) is 0 Å². The topological polar surface area (TPSA) is 0 Å². The zero-order valence-electron chi connectivity index (χ0n) is 10.9. The Hall–Kier alpha value is 0.460. The van der Waals surface area contributed by atoms with Gasteiger partial charge in [0.2, 0.25) is 0 Å². The van der Waals surface area contributed by atoms with Crippen LogP contribution in [-0.2, 0) is 0 Å². The molecule has 128 valence electrons. The summed E-state index contributed by atoms with van der Waals surface area (Å²) in [6.07, 6.45) is 0.685. The van der Waals surface area contributed by atoms with Crippen LogP contribution in [0, 0.1) is 5.92 Å².